The monoisotopic (exact) mass is 462 g/mol. The zero-order valence-corrected chi connectivity index (χ0v) is 18.2. The van der Waals surface area contributed by atoms with E-state index in [1.54, 1.807) is 28.8 Å². The molecule has 33 heavy (non-hydrogen) atoms. The summed E-state index contributed by atoms with van der Waals surface area (Å²) in [4.78, 5) is 23.0. The molecule has 0 radical (unpaired) electrons. The summed E-state index contributed by atoms with van der Waals surface area (Å²) in [7, 11) is 0. The van der Waals surface area contributed by atoms with E-state index in [9.17, 15) is 14.9 Å². The molecule has 0 fully saturated rings. The summed E-state index contributed by atoms with van der Waals surface area (Å²) in [5, 5.41) is 24.0. The first kappa shape index (κ1) is 22.0. The zero-order valence-electron chi connectivity index (χ0n) is 17.4. The van der Waals surface area contributed by atoms with Crippen molar-refractivity contribution in [1.82, 2.24) is 20.2 Å². The van der Waals surface area contributed by atoms with Gasteiger partial charge in [0.05, 0.1) is 16.9 Å². The van der Waals surface area contributed by atoms with Gasteiger partial charge in [-0.15, -0.1) is 10.2 Å². The third-order valence-corrected chi connectivity index (χ3v) is 5.37. The van der Waals surface area contributed by atoms with Crippen LogP contribution >= 0.6 is 11.8 Å². The van der Waals surface area contributed by atoms with Crippen molar-refractivity contribution in [3.63, 3.8) is 0 Å². The van der Waals surface area contributed by atoms with Gasteiger partial charge in [-0.2, -0.15) is 5.10 Å². The number of amides is 1. The molecule has 0 saturated carbocycles. The van der Waals surface area contributed by atoms with Gasteiger partial charge in [0.1, 0.15) is 11.5 Å². The van der Waals surface area contributed by atoms with Crippen LogP contribution in [0.15, 0.2) is 81.4 Å². The number of aromatic nitrogens is 3. The van der Waals surface area contributed by atoms with Crippen LogP contribution in [0.4, 0.5) is 5.69 Å². The van der Waals surface area contributed by atoms with Gasteiger partial charge in [0, 0.05) is 23.4 Å². The van der Waals surface area contributed by atoms with E-state index in [1.165, 1.54) is 30.1 Å². The number of nitrogens with zero attached hydrogens (tertiary/aromatic N) is 5. The fourth-order valence-corrected chi connectivity index (χ4v) is 3.72. The lowest BCUT2D eigenvalue weighted by Crippen LogP contribution is -2.19. The Morgan fingerprint density at radius 3 is 2.73 bits per heavy atom. The number of nitro benzene ring substituents is 1. The maximum Gasteiger partial charge on any atom is 0.270 e. The highest BCUT2D eigenvalue weighted by Crippen LogP contribution is 2.29. The number of carbonyl (C=O) groups is 1. The Labute approximate surface area is 192 Å². The zero-order chi connectivity index (χ0) is 23.2. The van der Waals surface area contributed by atoms with E-state index in [0.717, 1.165) is 11.4 Å². The molecule has 10 nitrogen and oxygen atoms in total. The molecule has 2 aromatic heterocycles. The highest BCUT2D eigenvalue weighted by Gasteiger charge is 2.19. The van der Waals surface area contributed by atoms with Crippen molar-refractivity contribution in [3.8, 4) is 17.1 Å². The third kappa shape index (κ3) is 5.33. The molecule has 0 bridgehead atoms. The topological polar surface area (TPSA) is 128 Å². The van der Waals surface area contributed by atoms with Gasteiger partial charge < -0.3 is 4.42 Å². The molecule has 1 N–H and O–H groups in total. The number of benzene rings is 2. The van der Waals surface area contributed by atoms with Crippen LogP contribution in [0.1, 0.15) is 11.5 Å². The minimum absolute atomic E-state index is 0.0361. The highest BCUT2D eigenvalue weighted by molar-refractivity contribution is 7.99. The van der Waals surface area contributed by atoms with Gasteiger partial charge >= 0.3 is 0 Å². The van der Waals surface area contributed by atoms with Crippen LogP contribution in [0, 0.1) is 17.0 Å². The quantitative estimate of drug-likeness (QED) is 0.181. The van der Waals surface area contributed by atoms with Crippen molar-refractivity contribution in [3.05, 3.63) is 88.4 Å². The molecule has 2 aromatic carbocycles. The normalized spacial score (nSPS) is 11.1. The van der Waals surface area contributed by atoms with E-state index in [2.05, 4.69) is 20.7 Å². The lowest BCUT2D eigenvalue weighted by Gasteiger charge is -2.10. The standard InChI is InChI=1S/C22H18N6O4S/c1-15-10-11-19(32-15)13-23-24-20(29)14-33-22-26-25-21(27(22)17-7-3-2-4-8-17)16-6-5-9-18(12-16)28(30)31/h2-13H,14H2,1H3,(H,24,29)/b23-13+. The average Bonchev–Trinajstić information content (AvgIpc) is 3.44. The molecular weight excluding hydrogens is 444 g/mol. The summed E-state index contributed by atoms with van der Waals surface area (Å²) in [6, 6.07) is 19.0. The van der Waals surface area contributed by atoms with Gasteiger partial charge in [0.25, 0.3) is 11.6 Å². The minimum atomic E-state index is -0.461. The number of para-hydroxylation sites is 1. The van der Waals surface area contributed by atoms with Gasteiger partial charge in [-0.25, -0.2) is 5.43 Å². The fourth-order valence-electron chi connectivity index (χ4n) is 2.97. The first-order chi connectivity index (χ1) is 16.0. The number of non-ortho nitro benzene ring substituents is 1. The molecule has 1 amide bonds. The predicted molar refractivity (Wildman–Crippen MR) is 123 cm³/mol. The molecule has 2 heterocycles. The molecule has 0 saturated heterocycles. The predicted octanol–water partition coefficient (Wildman–Crippen LogP) is 3.99. The third-order valence-electron chi connectivity index (χ3n) is 4.44. The number of rotatable bonds is 8. The maximum absolute atomic E-state index is 12.2. The van der Waals surface area contributed by atoms with E-state index in [4.69, 9.17) is 4.42 Å². The Bertz CT molecular complexity index is 1320. The smallest absolute Gasteiger partial charge is 0.270 e. The summed E-state index contributed by atoms with van der Waals surface area (Å²) in [5.74, 6) is 1.41. The number of hydrogen-bond donors (Lipinski definition) is 1. The van der Waals surface area contributed by atoms with Crippen molar-refractivity contribution in [2.24, 2.45) is 5.10 Å². The Kier molecular flexibility index (Phi) is 6.60. The van der Waals surface area contributed by atoms with Crippen molar-refractivity contribution < 1.29 is 14.1 Å². The van der Waals surface area contributed by atoms with E-state index >= 15 is 0 Å². The molecular formula is C22H18N6O4S. The Balaban J connectivity index is 1.54. The first-order valence-corrected chi connectivity index (χ1v) is 10.8. The Morgan fingerprint density at radius 1 is 1.18 bits per heavy atom. The number of nitrogens with one attached hydrogen (secondary N) is 1. The van der Waals surface area contributed by atoms with Crippen molar-refractivity contribution >= 4 is 29.6 Å². The molecule has 4 rings (SSSR count). The van der Waals surface area contributed by atoms with Gasteiger partial charge in [0.15, 0.2) is 11.0 Å². The number of carbonyl (C=O) groups excluding carboxylic acids is 1. The second-order valence-corrected chi connectivity index (χ2v) is 7.76. The van der Waals surface area contributed by atoms with Crippen LogP contribution in [-0.4, -0.2) is 37.6 Å². The second kappa shape index (κ2) is 9.92. The molecule has 11 heteroatoms. The highest BCUT2D eigenvalue weighted by atomic mass is 32.2. The average molecular weight is 462 g/mol. The van der Waals surface area contributed by atoms with E-state index < -0.39 is 4.92 Å². The molecule has 166 valence electrons. The lowest BCUT2D eigenvalue weighted by molar-refractivity contribution is -0.384. The number of hydrogen-bond acceptors (Lipinski definition) is 8. The lowest BCUT2D eigenvalue weighted by atomic mass is 10.2. The molecule has 0 unspecified atom stereocenters. The van der Waals surface area contributed by atoms with Gasteiger partial charge in [-0.1, -0.05) is 42.1 Å². The van der Waals surface area contributed by atoms with E-state index in [-0.39, 0.29) is 17.3 Å². The van der Waals surface area contributed by atoms with Gasteiger partial charge in [-0.3, -0.25) is 19.5 Å². The van der Waals surface area contributed by atoms with Crippen LogP contribution in [0.2, 0.25) is 0 Å². The molecule has 0 aliphatic carbocycles. The minimum Gasteiger partial charge on any atom is -0.460 e. The van der Waals surface area contributed by atoms with Crippen LogP contribution in [0.25, 0.3) is 17.1 Å². The van der Waals surface area contributed by atoms with Crippen LogP contribution in [0.5, 0.6) is 0 Å². The maximum atomic E-state index is 12.2. The summed E-state index contributed by atoms with van der Waals surface area (Å²) < 4.78 is 7.11. The Morgan fingerprint density at radius 2 is 2.00 bits per heavy atom. The summed E-state index contributed by atoms with van der Waals surface area (Å²) in [5.41, 5.74) is 3.70. The van der Waals surface area contributed by atoms with E-state index in [1.807, 2.05) is 37.3 Å². The number of hydrazone groups is 1. The van der Waals surface area contributed by atoms with Crippen molar-refractivity contribution in [2.75, 3.05) is 5.75 Å². The molecule has 0 aliphatic heterocycles. The van der Waals surface area contributed by atoms with Crippen LogP contribution in [-0.2, 0) is 4.79 Å². The molecule has 0 aliphatic rings. The van der Waals surface area contributed by atoms with Gasteiger partial charge in [-0.05, 0) is 31.2 Å². The summed E-state index contributed by atoms with van der Waals surface area (Å²) in [6.45, 7) is 1.82. The number of nitro groups is 1. The number of aryl methyl sites for hydroxylation is 1. The fraction of sp³-hybridized carbons (Fsp3) is 0.0909. The van der Waals surface area contributed by atoms with Crippen molar-refractivity contribution in [2.45, 2.75) is 12.1 Å². The summed E-state index contributed by atoms with van der Waals surface area (Å²) >= 11 is 1.17. The SMILES string of the molecule is Cc1ccc(/C=N/NC(=O)CSc2nnc(-c3cccc([N+](=O)[O-])c3)n2-c2ccccc2)o1. The van der Waals surface area contributed by atoms with Crippen LogP contribution < -0.4 is 5.43 Å². The largest absolute Gasteiger partial charge is 0.460 e. The van der Waals surface area contributed by atoms with Crippen LogP contribution in [0.3, 0.4) is 0 Å². The number of thioether (sulfide) groups is 1. The van der Waals surface area contributed by atoms with Gasteiger partial charge in [0.2, 0.25) is 0 Å². The number of furan rings is 1. The van der Waals surface area contributed by atoms with Crippen molar-refractivity contribution in [1.29, 1.82) is 0 Å². The Hall–Kier alpha value is -4.25. The molecule has 0 atom stereocenters. The second-order valence-electron chi connectivity index (χ2n) is 6.81. The van der Waals surface area contributed by atoms with E-state index in [0.29, 0.717) is 22.3 Å². The molecule has 4 aromatic rings. The molecule has 0 spiro atoms. The first-order valence-electron chi connectivity index (χ1n) is 9.78. The summed E-state index contributed by atoms with van der Waals surface area (Å²) in [6.07, 6.45) is 1.42.